The third kappa shape index (κ3) is 2.76. The Morgan fingerprint density at radius 1 is 1.00 bits per heavy atom. The minimum atomic E-state index is -1.40. The highest BCUT2D eigenvalue weighted by Crippen LogP contribution is 2.55. The lowest BCUT2D eigenvalue weighted by Gasteiger charge is -2.42. The van der Waals surface area contributed by atoms with Crippen LogP contribution in [0.5, 0.6) is 23.0 Å². The molecule has 0 fully saturated rings. The van der Waals surface area contributed by atoms with Gasteiger partial charge in [0.15, 0.2) is 0 Å². The van der Waals surface area contributed by atoms with Gasteiger partial charge in [0.05, 0.1) is 0 Å². The number of aliphatic hydroxyl groups is 1. The number of ether oxygens (including phenoxy) is 1. The number of rotatable bonds is 2. The van der Waals surface area contributed by atoms with Gasteiger partial charge < -0.3 is 20.1 Å². The molecule has 132 valence electrons. The molecule has 0 saturated heterocycles. The Balaban J connectivity index is 2.37. The van der Waals surface area contributed by atoms with Crippen LogP contribution >= 0.6 is 0 Å². The molecule has 3 N–H and O–H groups in total. The first-order valence-corrected chi connectivity index (χ1v) is 8.46. The summed E-state index contributed by atoms with van der Waals surface area (Å²) in [4.78, 5) is 0. The van der Waals surface area contributed by atoms with E-state index in [9.17, 15) is 15.3 Å². The first-order chi connectivity index (χ1) is 11.7. The number of benzene rings is 2. The first kappa shape index (κ1) is 17.4. The molecule has 1 aliphatic heterocycles. The van der Waals surface area contributed by atoms with Gasteiger partial charge in [0, 0.05) is 23.3 Å². The van der Waals surface area contributed by atoms with Crippen LogP contribution in [-0.2, 0) is 5.60 Å². The van der Waals surface area contributed by atoms with Crippen LogP contribution in [0.25, 0.3) is 0 Å². The first-order valence-electron chi connectivity index (χ1n) is 8.46. The third-order valence-corrected chi connectivity index (χ3v) is 4.54. The molecule has 0 unspecified atom stereocenters. The molecular formula is C21H24O4. The van der Waals surface area contributed by atoms with Gasteiger partial charge in [-0.2, -0.15) is 0 Å². The van der Waals surface area contributed by atoms with Crippen LogP contribution in [0.15, 0.2) is 48.0 Å². The highest BCUT2D eigenvalue weighted by molar-refractivity contribution is 5.63. The monoisotopic (exact) mass is 340 g/mol. The lowest BCUT2D eigenvalue weighted by atomic mass is 9.68. The predicted octanol–water partition coefficient (Wildman–Crippen LogP) is 4.82. The van der Waals surface area contributed by atoms with Gasteiger partial charge >= 0.3 is 0 Å². The summed E-state index contributed by atoms with van der Waals surface area (Å²) in [7, 11) is 0. The van der Waals surface area contributed by atoms with Crippen LogP contribution in [0.4, 0.5) is 0 Å². The molecule has 0 bridgehead atoms. The van der Waals surface area contributed by atoms with Gasteiger partial charge in [0.2, 0.25) is 0 Å². The minimum Gasteiger partial charge on any atom is -0.508 e. The third-order valence-electron chi connectivity index (χ3n) is 4.54. The van der Waals surface area contributed by atoms with Crippen LogP contribution in [0.2, 0.25) is 0 Å². The normalized spacial score (nSPS) is 16.0. The molecule has 25 heavy (non-hydrogen) atoms. The van der Waals surface area contributed by atoms with Gasteiger partial charge in [-0.1, -0.05) is 33.8 Å². The van der Waals surface area contributed by atoms with E-state index < -0.39 is 5.60 Å². The molecule has 0 atom stereocenters. The van der Waals surface area contributed by atoms with Gasteiger partial charge in [-0.05, 0) is 41.7 Å². The van der Waals surface area contributed by atoms with E-state index in [0.29, 0.717) is 22.6 Å². The predicted molar refractivity (Wildman–Crippen MR) is 97.1 cm³/mol. The molecule has 0 saturated carbocycles. The quantitative estimate of drug-likeness (QED) is 0.685. The van der Waals surface area contributed by atoms with E-state index in [1.54, 1.807) is 24.3 Å². The van der Waals surface area contributed by atoms with Crippen molar-refractivity contribution in [2.45, 2.75) is 39.7 Å². The van der Waals surface area contributed by atoms with Crippen molar-refractivity contribution in [3.05, 3.63) is 59.2 Å². The molecule has 0 spiro atoms. The number of allylic oxidation sites excluding steroid dienone is 1. The van der Waals surface area contributed by atoms with Crippen LogP contribution in [-0.4, -0.2) is 15.3 Å². The van der Waals surface area contributed by atoms with Crippen molar-refractivity contribution >= 4 is 0 Å². The van der Waals surface area contributed by atoms with Crippen molar-refractivity contribution < 1.29 is 20.1 Å². The van der Waals surface area contributed by atoms with Crippen molar-refractivity contribution in [3.8, 4) is 23.0 Å². The highest BCUT2D eigenvalue weighted by atomic mass is 16.5. The molecule has 2 aromatic rings. The van der Waals surface area contributed by atoms with Crippen molar-refractivity contribution in [3.63, 3.8) is 0 Å². The van der Waals surface area contributed by atoms with E-state index in [0.717, 1.165) is 12.0 Å². The maximum absolute atomic E-state index is 12.0. The molecule has 3 rings (SSSR count). The summed E-state index contributed by atoms with van der Waals surface area (Å²) in [5.41, 5.74) is 0.311. The van der Waals surface area contributed by atoms with Crippen LogP contribution < -0.4 is 4.74 Å². The zero-order valence-corrected chi connectivity index (χ0v) is 15.0. The maximum atomic E-state index is 12.0. The summed E-state index contributed by atoms with van der Waals surface area (Å²) >= 11 is 0. The second-order valence-corrected chi connectivity index (χ2v) is 7.45. The van der Waals surface area contributed by atoms with Crippen molar-refractivity contribution in [1.82, 2.24) is 0 Å². The number of phenols is 2. The molecule has 1 aliphatic rings. The molecule has 1 heterocycles. The van der Waals surface area contributed by atoms with E-state index in [1.165, 1.54) is 12.1 Å². The van der Waals surface area contributed by atoms with Gasteiger partial charge in [-0.15, -0.1) is 0 Å². The van der Waals surface area contributed by atoms with Crippen LogP contribution in [0.3, 0.4) is 0 Å². The van der Waals surface area contributed by atoms with Crippen LogP contribution in [0, 0.1) is 5.41 Å². The Labute approximate surface area is 148 Å². The summed E-state index contributed by atoms with van der Waals surface area (Å²) in [5.74, 6) is 0.877. The van der Waals surface area contributed by atoms with Gasteiger partial charge in [0.25, 0.3) is 0 Å². The molecule has 0 amide bonds. The zero-order chi connectivity index (χ0) is 18.4. The van der Waals surface area contributed by atoms with E-state index in [2.05, 4.69) is 20.8 Å². The largest absolute Gasteiger partial charge is 0.508 e. The number of hydrogen-bond donors (Lipinski definition) is 3. The Bertz CT molecular complexity index is 792. The fourth-order valence-corrected chi connectivity index (χ4v) is 3.54. The second-order valence-electron chi connectivity index (χ2n) is 7.45. The van der Waals surface area contributed by atoms with E-state index in [-0.39, 0.29) is 16.9 Å². The molecular weight excluding hydrogens is 316 g/mol. The molecule has 4 heteroatoms. The molecule has 0 radical (unpaired) electrons. The van der Waals surface area contributed by atoms with Crippen LogP contribution in [0.1, 0.15) is 45.2 Å². The number of hydrogen-bond acceptors (Lipinski definition) is 4. The Morgan fingerprint density at radius 3 is 1.88 bits per heavy atom. The fraction of sp³-hybridized carbons (Fsp3) is 0.333. The summed E-state index contributed by atoms with van der Waals surface area (Å²) in [5, 5.41) is 31.6. The number of phenolic OH excluding ortho intramolecular Hbond substituents is 2. The average Bonchev–Trinajstić information content (AvgIpc) is 2.50. The van der Waals surface area contributed by atoms with E-state index in [1.807, 2.05) is 13.0 Å². The molecule has 0 aromatic heterocycles. The standard InChI is InChI=1S/C21H24O4/c1-5-6-19(20(2,3)4)21(24)15-9-7-13(22)11-17(15)25-18-12-14(23)8-10-16(18)21/h6-12,22-24H,5H2,1-4H3/b19-6+. The SMILES string of the molecule is CC/C=C(\C(C)(C)C)C1(O)c2ccc(O)cc2Oc2cc(O)ccc21. The van der Waals surface area contributed by atoms with Crippen molar-refractivity contribution in [2.24, 2.45) is 5.41 Å². The van der Waals surface area contributed by atoms with Gasteiger partial charge in [0.1, 0.15) is 28.6 Å². The Hall–Kier alpha value is -2.46. The zero-order valence-electron chi connectivity index (χ0n) is 15.0. The minimum absolute atomic E-state index is 0.0569. The Kier molecular flexibility index (Phi) is 4.04. The molecule has 4 nitrogen and oxygen atoms in total. The summed E-state index contributed by atoms with van der Waals surface area (Å²) in [6, 6.07) is 9.44. The topological polar surface area (TPSA) is 69.9 Å². The second kappa shape index (κ2) is 5.81. The van der Waals surface area contributed by atoms with E-state index in [4.69, 9.17) is 4.74 Å². The van der Waals surface area contributed by atoms with E-state index >= 15 is 0 Å². The summed E-state index contributed by atoms with van der Waals surface area (Å²) in [6.07, 6.45) is 2.81. The number of aromatic hydroxyl groups is 2. The molecule has 0 aliphatic carbocycles. The lowest BCUT2D eigenvalue weighted by Crippen LogP contribution is -2.38. The smallest absolute Gasteiger partial charge is 0.144 e. The highest BCUT2D eigenvalue weighted by Gasteiger charge is 2.47. The summed E-state index contributed by atoms with van der Waals surface area (Å²) in [6.45, 7) is 8.20. The number of fused-ring (bicyclic) bond motifs is 2. The maximum Gasteiger partial charge on any atom is 0.144 e. The fourth-order valence-electron chi connectivity index (χ4n) is 3.54. The Morgan fingerprint density at radius 2 is 1.48 bits per heavy atom. The average molecular weight is 340 g/mol. The summed E-state index contributed by atoms with van der Waals surface area (Å²) < 4.78 is 5.87. The lowest BCUT2D eigenvalue weighted by molar-refractivity contribution is 0.0867. The van der Waals surface area contributed by atoms with Gasteiger partial charge in [-0.25, -0.2) is 0 Å². The van der Waals surface area contributed by atoms with Crippen molar-refractivity contribution in [1.29, 1.82) is 0 Å². The van der Waals surface area contributed by atoms with Gasteiger partial charge in [-0.3, -0.25) is 0 Å². The van der Waals surface area contributed by atoms with Crippen molar-refractivity contribution in [2.75, 3.05) is 0 Å². The molecule has 2 aromatic carbocycles.